The van der Waals surface area contributed by atoms with Crippen molar-refractivity contribution in [2.45, 2.75) is 57.9 Å². The molecule has 0 aromatic carbocycles. The van der Waals surface area contributed by atoms with E-state index in [0.29, 0.717) is 11.7 Å². The summed E-state index contributed by atoms with van der Waals surface area (Å²) in [5.41, 5.74) is 6.97. The van der Waals surface area contributed by atoms with Gasteiger partial charge in [-0.1, -0.05) is 29.9 Å². The van der Waals surface area contributed by atoms with E-state index in [1.807, 2.05) is 6.92 Å². The molecule has 1 fully saturated rings. The van der Waals surface area contributed by atoms with Gasteiger partial charge in [-0.25, -0.2) is 0 Å². The van der Waals surface area contributed by atoms with Crippen LogP contribution in [0.3, 0.4) is 0 Å². The Morgan fingerprint density at radius 3 is 2.76 bits per heavy atom. The van der Waals surface area contributed by atoms with Gasteiger partial charge in [0, 0.05) is 0 Å². The molecule has 2 aromatic heterocycles. The first-order chi connectivity index (χ1) is 10.2. The molecule has 2 aromatic rings. The summed E-state index contributed by atoms with van der Waals surface area (Å²) >= 11 is 1.29. The standard InChI is InChI=1S/C14H21N5OS/c1-3-9-5-7-14(15,8-6-9)13-16-12(20-18-13)11-10(4-2)17-19-21-11/h9H,3-8,15H2,1-2H3. The summed E-state index contributed by atoms with van der Waals surface area (Å²) in [6.45, 7) is 4.28. The zero-order valence-electron chi connectivity index (χ0n) is 12.5. The lowest BCUT2D eigenvalue weighted by atomic mass is 9.76. The van der Waals surface area contributed by atoms with Crippen molar-refractivity contribution in [3.63, 3.8) is 0 Å². The van der Waals surface area contributed by atoms with Crippen molar-refractivity contribution in [3.05, 3.63) is 11.5 Å². The molecule has 0 atom stereocenters. The maximum Gasteiger partial charge on any atom is 0.271 e. The smallest absolute Gasteiger partial charge is 0.271 e. The normalized spacial score (nSPS) is 26.1. The Bertz CT molecular complexity index is 600. The zero-order chi connectivity index (χ0) is 14.9. The predicted molar refractivity (Wildman–Crippen MR) is 80.7 cm³/mol. The molecule has 0 radical (unpaired) electrons. The lowest BCUT2D eigenvalue weighted by Crippen LogP contribution is -2.41. The average Bonchev–Trinajstić information content (AvgIpc) is 3.16. The van der Waals surface area contributed by atoms with Gasteiger partial charge in [0.1, 0.15) is 4.88 Å². The highest BCUT2D eigenvalue weighted by molar-refractivity contribution is 7.09. The third-order valence-corrected chi connectivity index (χ3v) is 5.29. The minimum Gasteiger partial charge on any atom is -0.333 e. The summed E-state index contributed by atoms with van der Waals surface area (Å²) in [5, 5.41) is 8.21. The SMILES string of the molecule is CCc1nnsc1-c1nc(C2(N)CCC(CC)CC2)no1. The zero-order valence-corrected chi connectivity index (χ0v) is 13.3. The van der Waals surface area contributed by atoms with Crippen LogP contribution in [0.2, 0.25) is 0 Å². The van der Waals surface area contributed by atoms with Crippen molar-refractivity contribution >= 4 is 11.5 Å². The molecule has 2 heterocycles. The molecule has 2 N–H and O–H groups in total. The van der Waals surface area contributed by atoms with Crippen LogP contribution >= 0.6 is 11.5 Å². The Kier molecular flexibility index (Phi) is 4.03. The molecule has 0 saturated heterocycles. The summed E-state index contributed by atoms with van der Waals surface area (Å²) in [7, 11) is 0. The van der Waals surface area contributed by atoms with Crippen LogP contribution in [0, 0.1) is 5.92 Å². The Morgan fingerprint density at radius 1 is 1.33 bits per heavy atom. The quantitative estimate of drug-likeness (QED) is 0.934. The second-order valence-corrected chi connectivity index (χ2v) is 6.59. The third-order valence-electron chi connectivity index (χ3n) is 4.53. The molecular weight excluding hydrogens is 286 g/mol. The molecule has 7 heteroatoms. The number of nitrogens with two attached hydrogens (primary N) is 1. The number of hydrogen-bond donors (Lipinski definition) is 1. The maximum absolute atomic E-state index is 6.52. The van der Waals surface area contributed by atoms with Crippen molar-refractivity contribution in [1.29, 1.82) is 0 Å². The van der Waals surface area contributed by atoms with E-state index in [1.54, 1.807) is 0 Å². The largest absolute Gasteiger partial charge is 0.333 e. The van der Waals surface area contributed by atoms with Crippen LogP contribution in [0.5, 0.6) is 0 Å². The van der Waals surface area contributed by atoms with Crippen molar-refractivity contribution in [1.82, 2.24) is 19.7 Å². The highest BCUT2D eigenvalue weighted by atomic mass is 32.1. The summed E-state index contributed by atoms with van der Waals surface area (Å²) in [6.07, 6.45) is 6.14. The predicted octanol–water partition coefficient (Wildman–Crippen LogP) is 2.90. The molecule has 6 nitrogen and oxygen atoms in total. The molecule has 1 aliphatic rings. The number of aromatic nitrogens is 4. The minimum atomic E-state index is -0.447. The van der Waals surface area contributed by atoms with Gasteiger partial charge < -0.3 is 10.3 Å². The topological polar surface area (TPSA) is 90.7 Å². The Balaban J connectivity index is 1.82. The average molecular weight is 307 g/mol. The maximum atomic E-state index is 6.52. The van der Waals surface area contributed by atoms with Gasteiger partial charge in [-0.05, 0) is 49.6 Å². The highest BCUT2D eigenvalue weighted by Gasteiger charge is 2.37. The van der Waals surface area contributed by atoms with E-state index in [1.165, 1.54) is 18.0 Å². The first-order valence-corrected chi connectivity index (χ1v) is 8.38. The Hall–Kier alpha value is -1.34. The van der Waals surface area contributed by atoms with Crippen LogP contribution in [0.4, 0.5) is 0 Å². The number of aryl methyl sites for hydroxylation is 1. The van der Waals surface area contributed by atoms with Crippen molar-refractivity contribution in [2.24, 2.45) is 11.7 Å². The van der Waals surface area contributed by atoms with E-state index in [2.05, 4.69) is 26.7 Å². The van der Waals surface area contributed by atoms with Crippen LogP contribution in [-0.2, 0) is 12.0 Å². The van der Waals surface area contributed by atoms with Gasteiger partial charge in [0.25, 0.3) is 5.89 Å². The molecule has 1 aliphatic carbocycles. The summed E-state index contributed by atoms with van der Waals surface area (Å²) in [4.78, 5) is 5.40. The fraction of sp³-hybridized carbons (Fsp3) is 0.714. The van der Waals surface area contributed by atoms with Gasteiger partial charge in [-0.3, -0.25) is 0 Å². The number of rotatable bonds is 4. The molecule has 3 rings (SSSR count). The van der Waals surface area contributed by atoms with E-state index in [9.17, 15) is 0 Å². The Morgan fingerprint density at radius 2 is 2.10 bits per heavy atom. The van der Waals surface area contributed by atoms with Crippen LogP contribution < -0.4 is 5.73 Å². The van der Waals surface area contributed by atoms with E-state index in [4.69, 9.17) is 10.3 Å². The van der Waals surface area contributed by atoms with Crippen LogP contribution in [0.1, 0.15) is 57.5 Å². The van der Waals surface area contributed by atoms with Crippen LogP contribution in [0.25, 0.3) is 10.8 Å². The minimum absolute atomic E-state index is 0.447. The molecule has 0 unspecified atom stereocenters. The molecule has 1 saturated carbocycles. The molecule has 0 spiro atoms. The van der Waals surface area contributed by atoms with Crippen molar-refractivity contribution in [3.8, 4) is 10.8 Å². The van der Waals surface area contributed by atoms with Gasteiger partial charge >= 0.3 is 0 Å². The van der Waals surface area contributed by atoms with Crippen LogP contribution in [0.15, 0.2) is 4.52 Å². The van der Waals surface area contributed by atoms with Gasteiger partial charge in [-0.2, -0.15) is 4.98 Å². The van der Waals surface area contributed by atoms with E-state index < -0.39 is 5.54 Å². The lowest BCUT2D eigenvalue weighted by Gasteiger charge is -2.34. The van der Waals surface area contributed by atoms with E-state index in [0.717, 1.165) is 48.6 Å². The van der Waals surface area contributed by atoms with Crippen molar-refractivity contribution in [2.75, 3.05) is 0 Å². The second kappa shape index (κ2) is 5.81. The summed E-state index contributed by atoms with van der Waals surface area (Å²) in [6, 6.07) is 0. The molecule has 0 amide bonds. The Labute approximate surface area is 128 Å². The third kappa shape index (κ3) is 2.72. The molecular formula is C14H21N5OS. The highest BCUT2D eigenvalue weighted by Crippen LogP contribution is 2.38. The summed E-state index contributed by atoms with van der Waals surface area (Å²) < 4.78 is 9.37. The van der Waals surface area contributed by atoms with Gasteiger partial charge in [0.2, 0.25) is 0 Å². The van der Waals surface area contributed by atoms with Gasteiger partial charge in [0.05, 0.1) is 11.2 Å². The molecule has 0 aliphatic heterocycles. The van der Waals surface area contributed by atoms with Crippen LogP contribution in [-0.4, -0.2) is 19.7 Å². The summed E-state index contributed by atoms with van der Waals surface area (Å²) in [5.74, 6) is 1.91. The first kappa shape index (κ1) is 14.6. The second-order valence-electron chi connectivity index (χ2n) is 5.83. The number of nitrogens with zero attached hydrogens (tertiary/aromatic N) is 4. The van der Waals surface area contributed by atoms with Gasteiger partial charge in [-0.15, -0.1) is 5.10 Å². The fourth-order valence-electron chi connectivity index (χ4n) is 2.94. The molecule has 114 valence electrons. The van der Waals surface area contributed by atoms with Crippen molar-refractivity contribution < 1.29 is 4.52 Å². The van der Waals surface area contributed by atoms with Gasteiger partial charge in [0.15, 0.2) is 5.82 Å². The monoisotopic (exact) mass is 307 g/mol. The number of hydrogen-bond acceptors (Lipinski definition) is 7. The van der Waals surface area contributed by atoms with E-state index in [-0.39, 0.29) is 0 Å². The van der Waals surface area contributed by atoms with E-state index >= 15 is 0 Å². The molecule has 21 heavy (non-hydrogen) atoms. The molecule has 0 bridgehead atoms. The lowest BCUT2D eigenvalue weighted by molar-refractivity contribution is 0.216. The fourth-order valence-corrected chi connectivity index (χ4v) is 3.62. The first-order valence-electron chi connectivity index (χ1n) is 7.61.